The van der Waals surface area contributed by atoms with E-state index in [4.69, 9.17) is 16.3 Å². The molecule has 1 fully saturated rings. The number of amides is 1. The van der Waals surface area contributed by atoms with E-state index in [1.165, 1.54) is 0 Å². The Hall–Kier alpha value is -2.54. The van der Waals surface area contributed by atoms with Crippen molar-refractivity contribution in [1.29, 1.82) is 0 Å². The first-order valence-corrected chi connectivity index (χ1v) is 9.47. The van der Waals surface area contributed by atoms with Crippen molar-refractivity contribution in [3.05, 3.63) is 41.0 Å². The Morgan fingerprint density at radius 3 is 2.81 bits per heavy atom. The molecule has 3 rings (SSSR count). The van der Waals surface area contributed by atoms with Gasteiger partial charge in [0.15, 0.2) is 0 Å². The number of nitrogens with one attached hydrogen (secondary N) is 2. The summed E-state index contributed by atoms with van der Waals surface area (Å²) in [4.78, 5) is 22.3. The van der Waals surface area contributed by atoms with Crippen molar-refractivity contribution in [3.63, 3.8) is 0 Å². The van der Waals surface area contributed by atoms with Gasteiger partial charge in [0.05, 0.1) is 6.61 Å². The summed E-state index contributed by atoms with van der Waals surface area (Å²) in [5.74, 6) is 1.25. The van der Waals surface area contributed by atoms with E-state index in [-0.39, 0.29) is 12.1 Å². The van der Waals surface area contributed by atoms with Crippen molar-refractivity contribution >= 4 is 35.1 Å². The second-order valence-electron chi connectivity index (χ2n) is 6.46. The number of ether oxygens (including phenoxy) is 1. The summed E-state index contributed by atoms with van der Waals surface area (Å²) < 4.78 is 5.05. The number of likely N-dealkylation sites (tertiary alicyclic amines) is 1. The lowest BCUT2D eigenvalue weighted by atomic mass is 10.1. The van der Waals surface area contributed by atoms with Gasteiger partial charge < -0.3 is 20.3 Å². The first-order chi connectivity index (χ1) is 13.0. The van der Waals surface area contributed by atoms with Gasteiger partial charge in [0.2, 0.25) is 5.95 Å². The number of aromatic nitrogens is 2. The molecular formula is C19H24ClN5O2. The molecule has 7 nitrogen and oxygen atoms in total. The minimum atomic E-state index is -0.235. The van der Waals surface area contributed by atoms with Gasteiger partial charge in [0.25, 0.3) is 0 Å². The Balaban J connectivity index is 1.56. The Bertz CT molecular complexity index is 793. The van der Waals surface area contributed by atoms with Gasteiger partial charge in [-0.3, -0.25) is 0 Å². The molecule has 1 aliphatic rings. The normalized spacial score (nSPS) is 14.7. The largest absolute Gasteiger partial charge is 0.450 e. The summed E-state index contributed by atoms with van der Waals surface area (Å²) in [6.07, 6.45) is 3.17. The number of piperidine rings is 1. The lowest BCUT2D eigenvalue weighted by Crippen LogP contribution is -2.42. The monoisotopic (exact) mass is 389 g/mol. The van der Waals surface area contributed by atoms with Crippen LogP contribution in [0.5, 0.6) is 0 Å². The fourth-order valence-corrected chi connectivity index (χ4v) is 3.11. The maximum Gasteiger partial charge on any atom is 0.409 e. The molecule has 0 atom stereocenters. The molecule has 0 spiro atoms. The van der Waals surface area contributed by atoms with Gasteiger partial charge in [0.1, 0.15) is 5.82 Å². The van der Waals surface area contributed by atoms with Crippen LogP contribution in [0.3, 0.4) is 0 Å². The van der Waals surface area contributed by atoms with E-state index in [0.29, 0.717) is 30.7 Å². The van der Waals surface area contributed by atoms with Crippen LogP contribution in [-0.2, 0) is 4.74 Å². The van der Waals surface area contributed by atoms with Crippen molar-refractivity contribution in [1.82, 2.24) is 14.9 Å². The van der Waals surface area contributed by atoms with Gasteiger partial charge in [-0.15, -0.1) is 0 Å². The minimum Gasteiger partial charge on any atom is -0.450 e. The third kappa shape index (κ3) is 5.23. The smallest absolute Gasteiger partial charge is 0.409 e. The quantitative estimate of drug-likeness (QED) is 0.797. The van der Waals surface area contributed by atoms with Crippen LogP contribution in [0.4, 0.5) is 22.2 Å². The third-order valence-corrected chi connectivity index (χ3v) is 4.86. The molecule has 1 saturated heterocycles. The first-order valence-electron chi connectivity index (χ1n) is 9.09. The van der Waals surface area contributed by atoms with Crippen LogP contribution in [0.15, 0.2) is 30.5 Å². The number of carbonyl (C=O) groups excluding carboxylic acids is 1. The zero-order chi connectivity index (χ0) is 19.2. The summed E-state index contributed by atoms with van der Waals surface area (Å²) >= 11 is 6.16. The van der Waals surface area contributed by atoms with E-state index in [2.05, 4.69) is 20.6 Å². The standard InChI is InChI=1S/C19H24ClN5O2/c1-3-27-19(26)25-10-7-14(8-11-25)22-17-6-9-21-18(24-17)23-15-5-4-13(2)16(20)12-15/h4-6,9,12,14H,3,7-8,10-11H2,1-2H3,(H2,21,22,23,24). The van der Waals surface area contributed by atoms with Gasteiger partial charge in [0, 0.05) is 36.0 Å². The van der Waals surface area contributed by atoms with Crippen LogP contribution in [-0.4, -0.2) is 46.7 Å². The highest BCUT2D eigenvalue weighted by atomic mass is 35.5. The van der Waals surface area contributed by atoms with Crippen LogP contribution >= 0.6 is 11.6 Å². The fraction of sp³-hybridized carbons (Fsp3) is 0.421. The second-order valence-corrected chi connectivity index (χ2v) is 6.87. The molecule has 1 aromatic heterocycles. The zero-order valence-corrected chi connectivity index (χ0v) is 16.3. The maximum absolute atomic E-state index is 11.8. The molecular weight excluding hydrogens is 366 g/mol. The lowest BCUT2D eigenvalue weighted by Gasteiger charge is -2.31. The highest BCUT2D eigenvalue weighted by Crippen LogP contribution is 2.22. The summed E-state index contributed by atoms with van der Waals surface area (Å²) in [7, 11) is 0. The number of benzene rings is 1. The molecule has 0 saturated carbocycles. The molecule has 27 heavy (non-hydrogen) atoms. The number of nitrogens with zero attached hydrogens (tertiary/aromatic N) is 3. The van der Waals surface area contributed by atoms with Crippen molar-refractivity contribution < 1.29 is 9.53 Å². The van der Waals surface area contributed by atoms with E-state index in [1.54, 1.807) is 11.1 Å². The van der Waals surface area contributed by atoms with Gasteiger partial charge in [-0.2, -0.15) is 4.98 Å². The number of anilines is 3. The van der Waals surface area contributed by atoms with Crippen LogP contribution in [0, 0.1) is 6.92 Å². The van der Waals surface area contributed by atoms with E-state index < -0.39 is 0 Å². The SMILES string of the molecule is CCOC(=O)N1CCC(Nc2ccnc(Nc3ccc(C)c(Cl)c3)n2)CC1. The molecule has 1 aromatic carbocycles. The molecule has 1 amide bonds. The fourth-order valence-electron chi connectivity index (χ4n) is 2.93. The highest BCUT2D eigenvalue weighted by molar-refractivity contribution is 6.31. The summed E-state index contributed by atoms with van der Waals surface area (Å²) in [5.41, 5.74) is 1.86. The van der Waals surface area contributed by atoms with Crippen molar-refractivity contribution in [2.24, 2.45) is 0 Å². The zero-order valence-electron chi connectivity index (χ0n) is 15.5. The molecule has 2 heterocycles. The number of hydrogen-bond acceptors (Lipinski definition) is 6. The van der Waals surface area contributed by atoms with Gasteiger partial charge >= 0.3 is 6.09 Å². The number of halogens is 1. The molecule has 0 bridgehead atoms. The molecule has 0 radical (unpaired) electrons. The maximum atomic E-state index is 11.8. The van der Waals surface area contributed by atoms with E-state index >= 15 is 0 Å². The predicted molar refractivity (Wildman–Crippen MR) is 107 cm³/mol. The summed E-state index contributed by atoms with van der Waals surface area (Å²) in [6, 6.07) is 7.84. The minimum absolute atomic E-state index is 0.235. The van der Waals surface area contributed by atoms with Crippen LogP contribution in [0.2, 0.25) is 5.02 Å². The van der Waals surface area contributed by atoms with Crippen LogP contribution < -0.4 is 10.6 Å². The number of hydrogen-bond donors (Lipinski definition) is 2. The lowest BCUT2D eigenvalue weighted by molar-refractivity contribution is 0.0983. The molecule has 0 unspecified atom stereocenters. The van der Waals surface area contributed by atoms with Crippen molar-refractivity contribution in [2.75, 3.05) is 30.3 Å². The van der Waals surface area contributed by atoms with Crippen LogP contribution in [0.25, 0.3) is 0 Å². The molecule has 2 N–H and O–H groups in total. The molecule has 0 aliphatic carbocycles. The Morgan fingerprint density at radius 2 is 2.11 bits per heavy atom. The number of carbonyl (C=O) groups is 1. The van der Waals surface area contributed by atoms with Crippen LogP contribution in [0.1, 0.15) is 25.3 Å². The molecule has 144 valence electrons. The third-order valence-electron chi connectivity index (χ3n) is 4.46. The van der Waals surface area contributed by atoms with Crippen molar-refractivity contribution in [3.8, 4) is 0 Å². The number of rotatable bonds is 5. The van der Waals surface area contributed by atoms with Gasteiger partial charge in [-0.1, -0.05) is 17.7 Å². The first kappa shape index (κ1) is 19.2. The molecule has 8 heteroatoms. The van der Waals surface area contributed by atoms with Gasteiger partial charge in [-0.05, 0) is 50.5 Å². The molecule has 2 aromatic rings. The van der Waals surface area contributed by atoms with Gasteiger partial charge in [-0.25, -0.2) is 9.78 Å². The number of aryl methyl sites for hydroxylation is 1. The molecule has 1 aliphatic heterocycles. The Morgan fingerprint density at radius 1 is 1.33 bits per heavy atom. The van der Waals surface area contributed by atoms with E-state index in [1.807, 2.05) is 38.1 Å². The second kappa shape index (κ2) is 8.90. The topological polar surface area (TPSA) is 79.4 Å². The summed E-state index contributed by atoms with van der Waals surface area (Å²) in [6.45, 7) is 5.53. The average Bonchev–Trinajstić information content (AvgIpc) is 2.66. The summed E-state index contributed by atoms with van der Waals surface area (Å²) in [5, 5.41) is 7.29. The van der Waals surface area contributed by atoms with Crippen molar-refractivity contribution in [2.45, 2.75) is 32.7 Å². The Kier molecular flexibility index (Phi) is 6.34. The highest BCUT2D eigenvalue weighted by Gasteiger charge is 2.23. The average molecular weight is 390 g/mol. The van der Waals surface area contributed by atoms with E-state index in [0.717, 1.165) is 29.9 Å². The van der Waals surface area contributed by atoms with E-state index in [9.17, 15) is 4.79 Å². The Labute approximate surface area is 164 Å². The predicted octanol–water partition coefficient (Wildman–Crippen LogP) is 4.21.